The molecule has 1 aromatic carbocycles. The Hall–Kier alpha value is -2.59. The first-order valence-corrected chi connectivity index (χ1v) is 10.5. The highest BCUT2D eigenvalue weighted by Crippen LogP contribution is 2.33. The third-order valence-corrected chi connectivity index (χ3v) is 5.81. The van der Waals surface area contributed by atoms with Crippen LogP contribution in [0.25, 0.3) is 0 Å². The number of carbonyl (C=O) groups is 3. The molecule has 3 N–H and O–H groups in total. The summed E-state index contributed by atoms with van der Waals surface area (Å²) in [6.45, 7) is 3.12. The molecule has 1 saturated heterocycles. The third kappa shape index (κ3) is 5.37. The van der Waals surface area contributed by atoms with E-state index in [0.29, 0.717) is 19.0 Å². The number of benzene rings is 1. The molecule has 31 heavy (non-hydrogen) atoms. The second-order valence-electron chi connectivity index (χ2n) is 7.85. The lowest BCUT2D eigenvalue weighted by atomic mass is 9.85. The van der Waals surface area contributed by atoms with E-state index < -0.39 is 30.2 Å². The van der Waals surface area contributed by atoms with Gasteiger partial charge in [0, 0.05) is 24.3 Å². The van der Waals surface area contributed by atoms with Crippen LogP contribution in [0.4, 0.5) is 20.2 Å². The molecule has 0 radical (unpaired) electrons. The summed E-state index contributed by atoms with van der Waals surface area (Å²) in [7, 11) is 0. The van der Waals surface area contributed by atoms with E-state index in [1.807, 2.05) is 6.92 Å². The summed E-state index contributed by atoms with van der Waals surface area (Å²) in [4.78, 5) is 39.9. The number of morpholine rings is 1. The number of hydrogen-bond donors (Lipinski definition) is 2. The van der Waals surface area contributed by atoms with Crippen LogP contribution in [0, 0.1) is 5.92 Å². The highest BCUT2D eigenvalue weighted by molar-refractivity contribution is 6.09. The maximum Gasteiger partial charge on any atom is 0.265 e. The van der Waals surface area contributed by atoms with Gasteiger partial charge in [0.25, 0.3) is 18.2 Å². The quantitative estimate of drug-likeness (QED) is 0.573. The zero-order chi connectivity index (χ0) is 22.5. The first-order chi connectivity index (χ1) is 14.8. The molecule has 0 aromatic heterocycles. The van der Waals surface area contributed by atoms with Crippen LogP contribution in [-0.4, -0.2) is 61.5 Å². The average molecular weight is 438 g/mol. The normalized spacial score (nSPS) is 18.2. The number of alkyl halides is 2. The second-order valence-corrected chi connectivity index (χ2v) is 7.85. The van der Waals surface area contributed by atoms with Crippen molar-refractivity contribution in [2.75, 3.05) is 43.1 Å². The molecule has 1 saturated carbocycles. The van der Waals surface area contributed by atoms with Gasteiger partial charge in [-0.2, -0.15) is 0 Å². The van der Waals surface area contributed by atoms with Crippen LogP contribution < -0.4 is 16.0 Å². The molecule has 2 aliphatic rings. The molecule has 2 fully saturated rings. The Bertz CT molecular complexity index is 832. The third-order valence-electron chi connectivity index (χ3n) is 5.81. The van der Waals surface area contributed by atoms with Crippen LogP contribution in [0.3, 0.4) is 0 Å². The molecule has 3 rings (SSSR count). The summed E-state index contributed by atoms with van der Waals surface area (Å²) in [6.07, 6.45) is 0.358. The highest BCUT2D eigenvalue weighted by Gasteiger charge is 2.33. The number of nitrogens with two attached hydrogens (primary N) is 1. The summed E-state index contributed by atoms with van der Waals surface area (Å²) < 4.78 is 32.5. The van der Waals surface area contributed by atoms with Gasteiger partial charge in [0.15, 0.2) is 6.04 Å². The predicted octanol–water partition coefficient (Wildman–Crippen LogP) is 1.90. The standard InChI is InChI=1S/C21H28F2N4O4/c1-2-26(11-13-4-3-5-13)18(20(24)29)21(30)25-14-6-7-16(15(10-14)19(22)23)27-8-9-31-12-17(27)28/h6-7,10,13,18-19H,2-5,8-9,11-12H2,1H3,(H2,24,29)(H,25,30)/t18-/m0/s1. The molecule has 0 spiro atoms. The number of likely N-dealkylation sites (N-methyl/N-ethyl adjacent to an activating group) is 1. The maximum atomic E-state index is 13.7. The number of nitrogens with one attached hydrogen (secondary N) is 1. The van der Waals surface area contributed by atoms with Crippen molar-refractivity contribution in [3.63, 3.8) is 0 Å². The van der Waals surface area contributed by atoms with Crippen LogP contribution in [0.1, 0.15) is 38.2 Å². The van der Waals surface area contributed by atoms with Gasteiger partial charge >= 0.3 is 0 Å². The average Bonchev–Trinajstić information content (AvgIpc) is 2.69. The minimum Gasteiger partial charge on any atom is -0.370 e. The fourth-order valence-corrected chi connectivity index (χ4v) is 3.94. The SMILES string of the molecule is CCN(CC1CCC1)[C@@H](C(N)=O)C(=O)Nc1ccc(N2CCOCC2=O)c(C(F)F)c1. The second kappa shape index (κ2) is 10.1. The molecule has 3 amide bonds. The monoisotopic (exact) mass is 438 g/mol. The Morgan fingerprint density at radius 3 is 2.65 bits per heavy atom. The van der Waals surface area contributed by atoms with Gasteiger partial charge in [-0.25, -0.2) is 8.78 Å². The number of amides is 3. The molecule has 170 valence electrons. The molecular weight excluding hydrogens is 410 g/mol. The fraction of sp³-hybridized carbons (Fsp3) is 0.571. The Labute approximate surface area is 179 Å². The van der Waals surface area contributed by atoms with Crippen LogP contribution in [0.15, 0.2) is 18.2 Å². The van der Waals surface area contributed by atoms with E-state index >= 15 is 0 Å². The van der Waals surface area contributed by atoms with E-state index in [1.54, 1.807) is 4.90 Å². The van der Waals surface area contributed by atoms with Crippen molar-refractivity contribution < 1.29 is 27.9 Å². The van der Waals surface area contributed by atoms with Gasteiger partial charge in [0.1, 0.15) is 6.61 Å². The van der Waals surface area contributed by atoms with Gasteiger partial charge in [0.05, 0.1) is 12.3 Å². The molecule has 1 atom stereocenters. The maximum absolute atomic E-state index is 13.7. The molecule has 1 aliphatic carbocycles. The Morgan fingerprint density at radius 2 is 2.10 bits per heavy atom. The van der Waals surface area contributed by atoms with Crippen LogP contribution in [-0.2, 0) is 19.1 Å². The summed E-state index contributed by atoms with van der Waals surface area (Å²) in [6, 6.07) is 2.73. The minimum absolute atomic E-state index is 0.0768. The fourth-order valence-electron chi connectivity index (χ4n) is 3.94. The lowest BCUT2D eigenvalue weighted by Crippen LogP contribution is -2.53. The molecule has 0 unspecified atom stereocenters. The Kier molecular flexibility index (Phi) is 7.55. The zero-order valence-electron chi connectivity index (χ0n) is 17.5. The summed E-state index contributed by atoms with van der Waals surface area (Å²) in [5, 5.41) is 2.54. The number of ether oxygens (including phenoxy) is 1. The molecule has 1 aromatic rings. The van der Waals surface area contributed by atoms with Crippen molar-refractivity contribution in [2.24, 2.45) is 11.7 Å². The van der Waals surface area contributed by atoms with Crippen molar-refractivity contribution >= 4 is 29.1 Å². The zero-order valence-corrected chi connectivity index (χ0v) is 17.5. The number of anilines is 2. The van der Waals surface area contributed by atoms with Crippen molar-refractivity contribution in [2.45, 2.75) is 38.7 Å². The van der Waals surface area contributed by atoms with E-state index in [2.05, 4.69) is 5.32 Å². The van der Waals surface area contributed by atoms with Gasteiger partial charge in [0.2, 0.25) is 5.91 Å². The first-order valence-electron chi connectivity index (χ1n) is 10.5. The lowest BCUT2D eigenvalue weighted by Gasteiger charge is -2.34. The van der Waals surface area contributed by atoms with Crippen molar-refractivity contribution in [1.82, 2.24) is 4.90 Å². The van der Waals surface area contributed by atoms with Crippen LogP contribution in [0.2, 0.25) is 0 Å². The number of primary amides is 1. The largest absolute Gasteiger partial charge is 0.370 e. The van der Waals surface area contributed by atoms with Gasteiger partial charge in [-0.1, -0.05) is 13.3 Å². The van der Waals surface area contributed by atoms with Gasteiger partial charge < -0.3 is 20.7 Å². The van der Waals surface area contributed by atoms with Gasteiger partial charge in [-0.05, 0) is 43.5 Å². The van der Waals surface area contributed by atoms with Gasteiger partial charge in [-0.3, -0.25) is 19.3 Å². The molecule has 8 nitrogen and oxygen atoms in total. The Morgan fingerprint density at radius 1 is 1.35 bits per heavy atom. The number of nitrogens with zero attached hydrogens (tertiary/aromatic N) is 2. The first kappa shape index (κ1) is 23.1. The summed E-state index contributed by atoms with van der Waals surface area (Å²) >= 11 is 0. The van der Waals surface area contributed by atoms with E-state index in [1.165, 1.54) is 17.0 Å². The van der Waals surface area contributed by atoms with Crippen molar-refractivity contribution in [3.8, 4) is 0 Å². The number of halogens is 2. The summed E-state index contributed by atoms with van der Waals surface area (Å²) in [5.74, 6) is -1.44. The Balaban J connectivity index is 1.79. The van der Waals surface area contributed by atoms with E-state index in [0.717, 1.165) is 25.3 Å². The van der Waals surface area contributed by atoms with Crippen molar-refractivity contribution in [1.29, 1.82) is 0 Å². The van der Waals surface area contributed by atoms with Crippen LogP contribution in [0.5, 0.6) is 0 Å². The minimum atomic E-state index is -2.86. The smallest absolute Gasteiger partial charge is 0.265 e. The topological polar surface area (TPSA) is 105 Å². The van der Waals surface area contributed by atoms with Crippen molar-refractivity contribution in [3.05, 3.63) is 23.8 Å². The lowest BCUT2D eigenvalue weighted by molar-refractivity contribution is -0.133. The number of hydrogen-bond acceptors (Lipinski definition) is 5. The molecular formula is C21H28F2N4O4. The predicted molar refractivity (Wildman–Crippen MR) is 111 cm³/mol. The van der Waals surface area contributed by atoms with Crippen LogP contribution >= 0.6 is 0 Å². The molecule has 1 heterocycles. The molecule has 10 heteroatoms. The van der Waals surface area contributed by atoms with E-state index in [-0.39, 0.29) is 36.7 Å². The van der Waals surface area contributed by atoms with Gasteiger partial charge in [-0.15, -0.1) is 0 Å². The highest BCUT2D eigenvalue weighted by atomic mass is 19.3. The molecule has 1 aliphatic heterocycles. The summed E-state index contributed by atoms with van der Waals surface area (Å²) in [5.41, 5.74) is 5.30. The molecule has 0 bridgehead atoms. The van der Waals surface area contributed by atoms with E-state index in [4.69, 9.17) is 10.5 Å². The number of rotatable bonds is 9. The number of carbonyl (C=O) groups excluding carboxylic acids is 3. The van der Waals surface area contributed by atoms with E-state index in [9.17, 15) is 23.2 Å².